The van der Waals surface area contributed by atoms with Gasteiger partial charge in [-0.2, -0.15) is 0 Å². The molecule has 0 fully saturated rings. The van der Waals surface area contributed by atoms with Crippen LogP contribution >= 0.6 is 0 Å². The van der Waals surface area contributed by atoms with Gasteiger partial charge in [0.1, 0.15) is 0 Å². The maximum absolute atomic E-state index is 2.49. The zero-order valence-electron chi connectivity index (χ0n) is 28.7. The van der Waals surface area contributed by atoms with Crippen molar-refractivity contribution in [2.75, 3.05) is 4.90 Å². The fourth-order valence-corrected chi connectivity index (χ4v) is 8.54. The molecule has 0 N–H and O–H groups in total. The minimum absolute atomic E-state index is 0.122. The molecule has 0 aliphatic heterocycles. The highest BCUT2D eigenvalue weighted by molar-refractivity contribution is 6.17. The van der Waals surface area contributed by atoms with Crippen LogP contribution < -0.4 is 4.90 Å². The summed E-state index contributed by atoms with van der Waals surface area (Å²) in [6, 6.07) is 66.7. The summed E-state index contributed by atoms with van der Waals surface area (Å²) in [7, 11) is 0. The van der Waals surface area contributed by atoms with Gasteiger partial charge >= 0.3 is 0 Å². The molecule has 0 saturated carbocycles. The summed E-state index contributed by atoms with van der Waals surface area (Å²) in [5.74, 6) is 0. The van der Waals surface area contributed by atoms with Crippen molar-refractivity contribution in [1.82, 2.24) is 4.57 Å². The Morgan fingerprint density at radius 2 is 1.12 bits per heavy atom. The summed E-state index contributed by atoms with van der Waals surface area (Å²) in [4.78, 5) is 2.49. The van der Waals surface area contributed by atoms with Gasteiger partial charge in [-0.05, 0) is 87.1 Å². The molecule has 0 bridgehead atoms. The normalized spacial score (nSPS) is 13.1. The van der Waals surface area contributed by atoms with E-state index in [1.807, 2.05) is 0 Å². The second-order valence-corrected chi connectivity index (χ2v) is 14.2. The lowest BCUT2D eigenvalue weighted by Crippen LogP contribution is -2.17. The highest BCUT2D eigenvalue weighted by Crippen LogP contribution is 2.52. The Balaban J connectivity index is 1.33. The summed E-state index contributed by atoms with van der Waals surface area (Å²) in [5.41, 5.74) is 14.6. The molecule has 10 rings (SSSR count). The first kappa shape index (κ1) is 29.5. The quantitative estimate of drug-likeness (QED) is 0.180. The van der Waals surface area contributed by atoms with E-state index in [9.17, 15) is 0 Å². The molecule has 1 aromatic heterocycles. The number of rotatable bonds is 5. The molecule has 8 aromatic carbocycles. The first-order chi connectivity index (χ1) is 25.1. The van der Waals surface area contributed by atoms with E-state index in [1.54, 1.807) is 0 Å². The maximum Gasteiger partial charge on any atom is 0.0640 e. The molecular weight excluding hydrogens is 617 g/mol. The maximum atomic E-state index is 2.49. The second-order valence-electron chi connectivity index (χ2n) is 14.2. The van der Waals surface area contributed by atoms with E-state index in [4.69, 9.17) is 0 Å². The smallest absolute Gasteiger partial charge is 0.0640 e. The summed E-state index contributed by atoms with van der Waals surface area (Å²) in [6.07, 6.45) is 0. The van der Waals surface area contributed by atoms with Gasteiger partial charge in [0.2, 0.25) is 0 Å². The third kappa shape index (κ3) is 4.50. The SMILES string of the molecule is CC1(C)c2ccccc2-c2ccc(N(c3ccc4ccccc4c3)c3ccc4c5ccccc5n(-c5ccccc5)c4c3-c3ccccc3)cc21. The molecule has 0 saturated heterocycles. The Hall–Kier alpha value is -6.38. The topological polar surface area (TPSA) is 8.17 Å². The van der Waals surface area contributed by atoms with E-state index < -0.39 is 0 Å². The minimum Gasteiger partial charge on any atom is -0.310 e. The zero-order chi connectivity index (χ0) is 34.1. The van der Waals surface area contributed by atoms with Gasteiger partial charge in [0.25, 0.3) is 0 Å². The van der Waals surface area contributed by atoms with Crippen LogP contribution in [-0.4, -0.2) is 4.57 Å². The average Bonchev–Trinajstić information content (AvgIpc) is 3.64. The largest absolute Gasteiger partial charge is 0.310 e. The number of fused-ring (bicyclic) bond motifs is 7. The van der Waals surface area contributed by atoms with Crippen LogP contribution in [0.2, 0.25) is 0 Å². The van der Waals surface area contributed by atoms with Crippen molar-refractivity contribution in [3.63, 3.8) is 0 Å². The third-order valence-corrected chi connectivity index (χ3v) is 10.9. The van der Waals surface area contributed by atoms with Gasteiger partial charge in [0, 0.05) is 38.8 Å². The average molecular weight is 653 g/mol. The summed E-state index contributed by atoms with van der Waals surface area (Å²) in [6.45, 7) is 4.73. The van der Waals surface area contributed by atoms with E-state index in [-0.39, 0.29) is 5.41 Å². The molecule has 242 valence electrons. The van der Waals surface area contributed by atoms with Crippen LogP contribution in [0.4, 0.5) is 17.1 Å². The van der Waals surface area contributed by atoms with Crippen molar-refractivity contribution in [1.29, 1.82) is 0 Å². The second kappa shape index (κ2) is 11.3. The van der Waals surface area contributed by atoms with E-state index in [2.05, 4.69) is 205 Å². The van der Waals surface area contributed by atoms with Crippen molar-refractivity contribution in [3.05, 3.63) is 193 Å². The van der Waals surface area contributed by atoms with Gasteiger partial charge in [0.05, 0.1) is 16.7 Å². The third-order valence-electron chi connectivity index (χ3n) is 10.9. The molecule has 1 aliphatic carbocycles. The van der Waals surface area contributed by atoms with Gasteiger partial charge in [-0.25, -0.2) is 0 Å². The van der Waals surface area contributed by atoms with Crippen molar-refractivity contribution in [3.8, 4) is 27.9 Å². The first-order valence-electron chi connectivity index (χ1n) is 17.8. The predicted octanol–water partition coefficient (Wildman–Crippen LogP) is 13.4. The van der Waals surface area contributed by atoms with Gasteiger partial charge in [-0.1, -0.05) is 147 Å². The predicted molar refractivity (Wildman–Crippen MR) is 216 cm³/mol. The fourth-order valence-electron chi connectivity index (χ4n) is 8.54. The lowest BCUT2D eigenvalue weighted by atomic mass is 9.82. The van der Waals surface area contributed by atoms with Crippen LogP contribution in [0.25, 0.3) is 60.5 Å². The van der Waals surface area contributed by atoms with E-state index >= 15 is 0 Å². The highest BCUT2D eigenvalue weighted by Gasteiger charge is 2.36. The molecule has 1 heterocycles. The number of hydrogen-bond acceptors (Lipinski definition) is 1. The van der Waals surface area contributed by atoms with Gasteiger partial charge in [-0.15, -0.1) is 0 Å². The molecule has 0 radical (unpaired) electrons. The Bertz CT molecular complexity index is 2770. The highest BCUT2D eigenvalue weighted by atomic mass is 15.1. The standard InChI is InChI=1S/C49H36N2/c1-49(2)43-23-13-11-21-39(43)40-28-27-38(32-44(40)49)50(37-26-25-33-15-9-10-18-35(33)31-37)46-30-29-42-41-22-12-14-24-45(41)51(36-19-7-4-8-20-36)48(42)47(46)34-16-5-3-6-17-34/h3-32H,1-2H3. The molecule has 0 unspecified atom stereocenters. The number of aromatic nitrogens is 1. The minimum atomic E-state index is -0.122. The van der Waals surface area contributed by atoms with Crippen molar-refractivity contribution in [2.45, 2.75) is 19.3 Å². The molecule has 9 aromatic rings. The van der Waals surface area contributed by atoms with Crippen molar-refractivity contribution >= 4 is 49.6 Å². The molecule has 0 amide bonds. The number of para-hydroxylation sites is 2. The lowest BCUT2D eigenvalue weighted by Gasteiger charge is -2.30. The van der Waals surface area contributed by atoms with Crippen molar-refractivity contribution in [2.24, 2.45) is 0 Å². The van der Waals surface area contributed by atoms with E-state index in [0.717, 1.165) is 22.7 Å². The van der Waals surface area contributed by atoms with Gasteiger partial charge in [0.15, 0.2) is 0 Å². The molecule has 51 heavy (non-hydrogen) atoms. The molecule has 2 heteroatoms. The molecule has 1 aliphatic rings. The van der Waals surface area contributed by atoms with E-state index in [1.165, 1.54) is 66.0 Å². The Morgan fingerprint density at radius 3 is 1.96 bits per heavy atom. The Morgan fingerprint density at radius 1 is 0.471 bits per heavy atom. The Kier molecular flexibility index (Phi) is 6.56. The molecule has 0 spiro atoms. The van der Waals surface area contributed by atoms with Crippen LogP contribution in [0.5, 0.6) is 0 Å². The van der Waals surface area contributed by atoms with Crippen LogP contribution in [0.3, 0.4) is 0 Å². The number of hydrogen-bond donors (Lipinski definition) is 0. The van der Waals surface area contributed by atoms with Crippen LogP contribution in [0, 0.1) is 0 Å². The number of anilines is 3. The van der Waals surface area contributed by atoms with Crippen LogP contribution in [-0.2, 0) is 5.41 Å². The lowest BCUT2D eigenvalue weighted by molar-refractivity contribution is 0.660. The first-order valence-corrected chi connectivity index (χ1v) is 17.8. The zero-order valence-corrected chi connectivity index (χ0v) is 28.7. The van der Waals surface area contributed by atoms with Gasteiger partial charge < -0.3 is 9.47 Å². The molecule has 0 atom stereocenters. The monoisotopic (exact) mass is 652 g/mol. The Labute approximate surface area is 298 Å². The number of nitrogens with zero attached hydrogens (tertiary/aromatic N) is 2. The molecule has 2 nitrogen and oxygen atoms in total. The summed E-state index contributed by atoms with van der Waals surface area (Å²) in [5, 5.41) is 4.93. The number of benzene rings is 8. The summed E-state index contributed by atoms with van der Waals surface area (Å²) >= 11 is 0. The van der Waals surface area contributed by atoms with Gasteiger partial charge in [-0.3, -0.25) is 0 Å². The van der Waals surface area contributed by atoms with E-state index in [0.29, 0.717) is 0 Å². The van der Waals surface area contributed by atoms with Crippen LogP contribution in [0.15, 0.2) is 182 Å². The van der Waals surface area contributed by atoms with Crippen molar-refractivity contribution < 1.29 is 0 Å². The molecular formula is C49H36N2. The summed E-state index contributed by atoms with van der Waals surface area (Å²) < 4.78 is 2.46. The van der Waals surface area contributed by atoms with Crippen LogP contribution in [0.1, 0.15) is 25.0 Å². The fraction of sp³-hybridized carbons (Fsp3) is 0.0612.